The van der Waals surface area contributed by atoms with Crippen LogP contribution in [0.1, 0.15) is 11.6 Å². The van der Waals surface area contributed by atoms with E-state index in [1.807, 2.05) is 37.3 Å². The Labute approximate surface area is 93.2 Å². The summed E-state index contributed by atoms with van der Waals surface area (Å²) in [6.45, 7) is 1.84. The zero-order chi connectivity index (χ0) is 10.7. The quantitative estimate of drug-likeness (QED) is 0.729. The first kappa shape index (κ1) is 10.1. The van der Waals surface area contributed by atoms with Crippen LogP contribution in [-0.2, 0) is 5.88 Å². The van der Waals surface area contributed by atoms with Crippen molar-refractivity contribution in [2.24, 2.45) is 0 Å². The SMILES string of the molecule is Cc1nc(CCl)nc(-c2ccccc2)n1. The maximum atomic E-state index is 5.71. The van der Waals surface area contributed by atoms with Crippen molar-refractivity contribution in [2.75, 3.05) is 0 Å². The minimum atomic E-state index is 0.309. The minimum Gasteiger partial charge on any atom is -0.217 e. The Balaban J connectivity index is 2.49. The van der Waals surface area contributed by atoms with Gasteiger partial charge in [-0.1, -0.05) is 30.3 Å². The Hall–Kier alpha value is -1.48. The third-order valence-electron chi connectivity index (χ3n) is 1.95. The molecule has 0 aliphatic heterocycles. The van der Waals surface area contributed by atoms with Crippen LogP contribution >= 0.6 is 11.6 Å². The first-order valence-corrected chi connectivity index (χ1v) is 5.16. The molecule has 76 valence electrons. The highest BCUT2D eigenvalue weighted by Gasteiger charge is 2.04. The van der Waals surface area contributed by atoms with E-state index < -0.39 is 0 Å². The van der Waals surface area contributed by atoms with Crippen LogP contribution in [-0.4, -0.2) is 15.0 Å². The summed E-state index contributed by atoms with van der Waals surface area (Å²) in [6.07, 6.45) is 0. The summed E-state index contributed by atoms with van der Waals surface area (Å²) >= 11 is 5.71. The van der Waals surface area contributed by atoms with Gasteiger partial charge in [-0.15, -0.1) is 11.6 Å². The summed E-state index contributed by atoms with van der Waals surface area (Å²) in [7, 11) is 0. The van der Waals surface area contributed by atoms with Crippen molar-refractivity contribution >= 4 is 11.6 Å². The van der Waals surface area contributed by atoms with E-state index in [4.69, 9.17) is 11.6 Å². The molecule has 1 aromatic heterocycles. The summed E-state index contributed by atoms with van der Waals surface area (Å²) in [6, 6.07) is 9.79. The lowest BCUT2D eigenvalue weighted by Crippen LogP contribution is -2.00. The fraction of sp³-hybridized carbons (Fsp3) is 0.182. The average molecular weight is 220 g/mol. The van der Waals surface area contributed by atoms with Crippen molar-refractivity contribution in [2.45, 2.75) is 12.8 Å². The zero-order valence-electron chi connectivity index (χ0n) is 8.31. The van der Waals surface area contributed by atoms with Gasteiger partial charge in [-0.05, 0) is 6.92 Å². The lowest BCUT2D eigenvalue weighted by molar-refractivity contribution is 0.917. The molecule has 0 unspecified atom stereocenters. The standard InChI is InChI=1S/C11H10ClN3/c1-8-13-10(7-12)15-11(14-8)9-5-3-2-4-6-9/h2-6H,7H2,1H3. The van der Waals surface area contributed by atoms with E-state index >= 15 is 0 Å². The molecule has 0 bridgehead atoms. The number of aromatic nitrogens is 3. The van der Waals surface area contributed by atoms with Crippen molar-refractivity contribution < 1.29 is 0 Å². The predicted molar refractivity (Wildman–Crippen MR) is 59.6 cm³/mol. The largest absolute Gasteiger partial charge is 0.217 e. The molecule has 0 saturated carbocycles. The topological polar surface area (TPSA) is 38.7 Å². The van der Waals surface area contributed by atoms with Crippen LogP contribution < -0.4 is 0 Å². The monoisotopic (exact) mass is 219 g/mol. The van der Waals surface area contributed by atoms with E-state index in [9.17, 15) is 0 Å². The van der Waals surface area contributed by atoms with Crippen LogP contribution in [0.2, 0.25) is 0 Å². The third kappa shape index (κ3) is 2.30. The number of benzene rings is 1. The van der Waals surface area contributed by atoms with E-state index in [0.29, 0.717) is 23.4 Å². The molecule has 0 aliphatic rings. The van der Waals surface area contributed by atoms with E-state index in [1.165, 1.54) is 0 Å². The van der Waals surface area contributed by atoms with Gasteiger partial charge >= 0.3 is 0 Å². The summed E-state index contributed by atoms with van der Waals surface area (Å²) < 4.78 is 0. The van der Waals surface area contributed by atoms with Gasteiger partial charge in [0, 0.05) is 5.56 Å². The maximum Gasteiger partial charge on any atom is 0.163 e. The van der Waals surface area contributed by atoms with Crippen molar-refractivity contribution in [1.29, 1.82) is 0 Å². The van der Waals surface area contributed by atoms with Gasteiger partial charge in [-0.2, -0.15) is 0 Å². The molecule has 0 atom stereocenters. The highest BCUT2D eigenvalue weighted by atomic mass is 35.5. The van der Waals surface area contributed by atoms with Gasteiger partial charge in [0.25, 0.3) is 0 Å². The second-order valence-corrected chi connectivity index (χ2v) is 3.39. The summed E-state index contributed by atoms with van der Waals surface area (Å²) in [5, 5.41) is 0. The minimum absolute atomic E-state index is 0.309. The molecule has 3 nitrogen and oxygen atoms in total. The molecule has 4 heteroatoms. The van der Waals surface area contributed by atoms with E-state index in [0.717, 1.165) is 5.56 Å². The predicted octanol–water partition coefficient (Wildman–Crippen LogP) is 2.59. The fourth-order valence-corrected chi connectivity index (χ4v) is 1.43. The van der Waals surface area contributed by atoms with Gasteiger partial charge in [0.15, 0.2) is 5.82 Å². The van der Waals surface area contributed by atoms with Crippen LogP contribution in [0, 0.1) is 6.92 Å². The summed E-state index contributed by atoms with van der Waals surface area (Å²) in [5.74, 6) is 2.30. The van der Waals surface area contributed by atoms with Crippen molar-refractivity contribution in [3.05, 3.63) is 42.0 Å². The van der Waals surface area contributed by atoms with Crippen molar-refractivity contribution in [3.63, 3.8) is 0 Å². The van der Waals surface area contributed by atoms with Crippen LogP contribution in [0.25, 0.3) is 11.4 Å². The Morgan fingerprint density at radius 1 is 1.07 bits per heavy atom. The second-order valence-electron chi connectivity index (χ2n) is 3.12. The second kappa shape index (κ2) is 4.36. The molecule has 0 aliphatic carbocycles. The Bertz CT molecular complexity index is 457. The molecule has 2 rings (SSSR count). The van der Waals surface area contributed by atoms with E-state index in [2.05, 4.69) is 15.0 Å². The van der Waals surface area contributed by atoms with E-state index in [-0.39, 0.29) is 0 Å². The third-order valence-corrected chi connectivity index (χ3v) is 2.18. The van der Waals surface area contributed by atoms with Crippen LogP contribution in [0.5, 0.6) is 0 Å². The molecule has 0 N–H and O–H groups in total. The number of halogens is 1. The molecule has 15 heavy (non-hydrogen) atoms. The number of rotatable bonds is 2. The number of alkyl halides is 1. The highest BCUT2D eigenvalue weighted by Crippen LogP contribution is 2.14. The first-order chi connectivity index (χ1) is 7.29. The van der Waals surface area contributed by atoms with Crippen molar-refractivity contribution in [1.82, 2.24) is 15.0 Å². The number of nitrogens with zero attached hydrogens (tertiary/aromatic N) is 3. The lowest BCUT2D eigenvalue weighted by Gasteiger charge is -2.02. The maximum absolute atomic E-state index is 5.71. The van der Waals surface area contributed by atoms with Gasteiger partial charge in [0.2, 0.25) is 0 Å². The number of hydrogen-bond donors (Lipinski definition) is 0. The van der Waals surface area contributed by atoms with Crippen LogP contribution in [0.15, 0.2) is 30.3 Å². The molecule has 0 saturated heterocycles. The molecular formula is C11H10ClN3. The Morgan fingerprint density at radius 2 is 1.80 bits per heavy atom. The van der Waals surface area contributed by atoms with Gasteiger partial charge in [-0.3, -0.25) is 0 Å². The van der Waals surface area contributed by atoms with Gasteiger partial charge in [0.1, 0.15) is 11.6 Å². The summed E-state index contributed by atoms with van der Waals surface area (Å²) in [5.41, 5.74) is 0.981. The fourth-order valence-electron chi connectivity index (χ4n) is 1.31. The number of aryl methyl sites for hydroxylation is 1. The van der Waals surface area contributed by atoms with E-state index in [1.54, 1.807) is 0 Å². The lowest BCUT2D eigenvalue weighted by atomic mass is 10.2. The number of hydrogen-bond acceptors (Lipinski definition) is 3. The molecular weight excluding hydrogens is 210 g/mol. The Morgan fingerprint density at radius 3 is 2.47 bits per heavy atom. The average Bonchev–Trinajstić information content (AvgIpc) is 2.29. The molecule has 0 amide bonds. The van der Waals surface area contributed by atoms with Gasteiger partial charge in [0.05, 0.1) is 5.88 Å². The van der Waals surface area contributed by atoms with Gasteiger partial charge in [-0.25, -0.2) is 15.0 Å². The summed E-state index contributed by atoms with van der Waals surface area (Å²) in [4.78, 5) is 12.7. The molecule has 0 radical (unpaired) electrons. The normalized spacial score (nSPS) is 10.3. The molecule has 0 spiro atoms. The highest BCUT2D eigenvalue weighted by molar-refractivity contribution is 6.16. The Kier molecular flexibility index (Phi) is 2.92. The van der Waals surface area contributed by atoms with Crippen LogP contribution in [0.4, 0.5) is 0 Å². The molecule has 0 fully saturated rings. The molecule has 1 heterocycles. The molecule has 2 aromatic rings. The molecule has 1 aromatic carbocycles. The van der Waals surface area contributed by atoms with Gasteiger partial charge < -0.3 is 0 Å². The smallest absolute Gasteiger partial charge is 0.163 e. The first-order valence-electron chi connectivity index (χ1n) is 4.62. The van der Waals surface area contributed by atoms with Crippen LogP contribution in [0.3, 0.4) is 0 Å². The van der Waals surface area contributed by atoms with Crippen molar-refractivity contribution in [3.8, 4) is 11.4 Å². The zero-order valence-corrected chi connectivity index (χ0v) is 9.07.